The molecule has 1 amide bonds. The van der Waals surface area contributed by atoms with Crippen LogP contribution in [0.25, 0.3) is 11.3 Å². The molecule has 2 aromatic rings. The van der Waals surface area contributed by atoms with Crippen LogP contribution in [-0.4, -0.2) is 47.8 Å². The number of carbonyl (C=O) groups excluding carboxylic acids is 1. The van der Waals surface area contributed by atoms with Gasteiger partial charge >= 0.3 is 0 Å². The number of ether oxygens (including phenoxy) is 1. The van der Waals surface area contributed by atoms with Gasteiger partial charge in [0.25, 0.3) is 5.91 Å². The largest absolute Gasteiger partial charge is 0.363 e. The van der Waals surface area contributed by atoms with E-state index < -0.39 is 12.8 Å². The summed E-state index contributed by atoms with van der Waals surface area (Å²) < 4.78 is 17.9. The molecule has 1 aliphatic rings. The monoisotopic (exact) mass is 440 g/mol. The van der Waals surface area contributed by atoms with Gasteiger partial charge in [-0.3, -0.25) is 4.79 Å². The number of anilines is 1. The summed E-state index contributed by atoms with van der Waals surface area (Å²) in [6.07, 6.45) is 0.498. The van der Waals surface area contributed by atoms with Gasteiger partial charge in [-0.15, -0.1) is 0 Å². The SMILES string of the molecule is CCc1nc(-c2ccc(Cl)cc2Cl)c(CC)nc1NC1CNC(=O)C1OCCF. The zero-order valence-corrected chi connectivity index (χ0v) is 17.8. The first-order chi connectivity index (χ1) is 14.0. The minimum atomic E-state index is -0.771. The molecule has 9 heteroatoms. The molecule has 0 saturated carbocycles. The van der Waals surface area contributed by atoms with E-state index >= 15 is 0 Å². The van der Waals surface area contributed by atoms with Crippen molar-refractivity contribution >= 4 is 34.9 Å². The van der Waals surface area contributed by atoms with Crippen LogP contribution in [0.5, 0.6) is 0 Å². The third-order valence-electron chi connectivity index (χ3n) is 4.71. The molecule has 0 spiro atoms. The molecule has 2 unspecified atom stereocenters. The molecule has 0 bridgehead atoms. The molecule has 3 rings (SSSR count). The van der Waals surface area contributed by atoms with Gasteiger partial charge in [-0.25, -0.2) is 14.4 Å². The lowest BCUT2D eigenvalue weighted by atomic mass is 10.1. The Hall–Kier alpha value is -1.96. The molecule has 2 N–H and O–H groups in total. The molecule has 1 aromatic heterocycles. The Morgan fingerprint density at radius 1 is 1.24 bits per heavy atom. The number of alkyl halides is 1. The molecule has 2 atom stereocenters. The summed E-state index contributed by atoms with van der Waals surface area (Å²) in [5.41, 5.74) is 2.99. The Morgan fingerprint density at radius 3 is 2.66 bits per heavy atom. The van der Waals surface area contributed by atoms with E-state index in [2.05, 4.69) is 10.6 Å². The Kier molecular flexibility index (Phi) is 7.27. The van der Waals surface area contributed by atoms with Gasteiger partial charge in [0.1, 0.15) is 12.5 Å². The first-order valence-electron chi connectivity index (χ1n) is 9.55. The second-order valence-electron chi connectivity index (χ2n) is 6.62. The lowest BCUT2D eigenvalue weighted by Gasteiger charge is -2.21. The fourth-order valence-electron chi connectivity index (χ4n) is 3.28. The van der Waals surface area contributed by atoms with Gasteiger partial charge in [0.15, 0.2) is 6.10 Å². The molecular formula is C20H23Cl2FN4O2. The number of rotatable bonds is 8. The van der Waals surface area contributed by atoms with Crippen LogP contribution >= 0.6 is 23.2 Å². The number of hydrogen-bond acceptors (Lipinski definition) is 5. The topological polar surface area (TPSA) is 76.1 Å². The molecule has 156 valence electrons. The van der Waals surface area contributed by atoms with Crippen molar-refractivity contribution < 1.29 is 13.9 Å². The third kappa shape index (κ3) is 4.79. The van der Waals surface area contributed by atoms with Crippen molar-refractivity contribution in [2.24, 2.45) is 0 Å². The van der Waals surface area contributed by atoms with Crippen molar-refractivity contribution in [3.8, 4) is 11.3 Å². The molecule has 0 aliphatic carbocycles. The van der Waals surface area contributed by atoms with Crippen LogP contribution in [0.4, 0.5) is 10.2 Å². The van der Waals surface area contributed by atoms with Crippen molar-refractivity contribution in [3.05, 3.63) is 39.6 Å². The van der Waals surface area contributed by atoms with Gasteiger partial charge in [0, 0.05) is 17.1 Å². The maximum absolute atomic E-state index is 12.5. The van der Waals surface area contributed by atoms with E-state index in [0.29, 0.717) is 40.9 Å². The van der Waals surface area contributed by atoms with Crippen LogP contribution in [0.15, 0.2) is 18.2 Å². The van der Waals surface area contributed by atoms with Gasteiger partial charge in [0.2, 0.25) is 0 Å². The highest BCUT2D eigenvalue weighted by atomic mass is 35.5. The minimum Gasteiger partial charge on any atom is -0.363 e. The molecule has 29 heavy (non-hydrogen) atoms. The number of nitrogens with one attached hydrogen (secondary N) is 2. The number of amides is 1. The smallest absolute Gasteiger partial charge is 0.251 e. The highest BCUT2D eigenvalue weighted by Crippen LogP contribution is 2.32. The summed E-state index contributed by atoms with van der Waals surface area (Å²) in [6.45, 7) is 3.56. The lowest BCUT2D eigenvalue weighted by Crippen LogP contribution is -2.37. The molecule has 1 fully saturated rings. The number of aryl methyl sites for hydroxylation is 2. The summed E-state index contributed by atoms with van der Waals surface area (Å²) in [5.74, 6) is 0.329. The summed E-state index contributed by atoms with van der Waals surface area (Å²) in [7, 11) is 0. The molecule has 0 radical (unpaired) electrons. The quantitative estimate of drug-likeness (QED) is 0.651. The zero-order chi connectivity index (χ0) is 21.0. The predicted octanol–water partition coefficient (Wildman–Crippen LogP) is 3.84. The molecule has 1 saturated heterocycles. The highest BCUT2D eigenvalue weighted by Gasteiger charge is 2.36. The van der Waals surface area contributed by atoms with E-state index in [0.717, 1.165) is 17.0 Å². The van der Waals surface area contributed by atoms with E-state index in [9.17, 15) is 9.18 Å². The average Bonchev–Trinajstić information content (AvgIpc) is 3.05. The molecule has 2 heterocycles. The fourth-order valence-corrected chi connectivity index (χ4v) is 3.78. The van der Waals surface area contributed by atoms with Crippen LogP contribution in [0, 0.1) is 0 Å². The van der Waals surface area contributed by atoms with Gasteiger partial charge in [-0.1, -0.05) is 37.0 Å². The summed E-state index contributed by atoms with van der Waals surface area (Å²) in [6, 6.07) is 4.92. The molecular weight excluding hydrogens is 418 g/mol. The van der Waals surface area contributed by atoms with Gasteiger partial charge in [0.05, 0.1) is 34.8 Å². The number of halogens is 3. The maximum Gasteiger partial charge on any atom is 0.251 e. The number of hydrogen-bond donors (Lipinski definition) is 2. The van der Waals surface area contributed by atoms with Gasteiger partial charge in [-0.2, -0.15) is 0 Å². The minimum absolute atomic E-state index is 0.128. The maximum atomic E-state index is 12.5. The van der Waals surface area contributed by atoms with Gasteiger partial charge in [-0.05, 0) is 31.0 Å². The third-order valence-corrected chi connectivity index (χ3v) is 5.26. The first kappa shape index (κ1) is 21.7. The molecule has 1 aromatic carbocycles. The summed E-state index contributed by atoms with van der Waals surface area (Å²) in [5, 5.41) is 7.07. The number of nitrogens with zero attached hydrogens (tertiary/aromatic N) is 2. The fraction of sp³-hybridized carbons (Fsp3) is 0.450. The lowest BCUT2D eigenvalue weighted by molar-refractivity contribution is -0.129. The van der Waals surface area contributed by atoms with Crippen LogP contribution in [0.3, 0.4) is 0 Å². The van der Waals surface area contributed by atoms with Crippen molar-refractivity contribution in [3.63, 3.8) is 0 Å². The normalized spacial score (nSPS) is 18.7. The first-order valence-corrected chi connectivity index (χ1v) is 10.3. The van der Waals surface area contributed by atoms with Crippen molar-refractivity contribution in [2.45, 2.75) is 38.8 Å². The van der Waals surface area contributed by atoms with Crippen molar-refractivity contribution in [2.75, 3.05) is 25.1 Å². The summed E-state index contributed by atoms with van der Waals surface area (Å²) >= 11 is 12.4. The van der Waals surface area contributed by atoms with Crippen molar-refractivity contribution in [1.82, 2.24) is 15.3 Å². The zero-order valence-electron chi connectivity index (χ0n) is 16.3. The summed E-state index contributed by atoms with van der Waals surface area (Å²) in [4.78, 5) is 21.6. The second-order valence-corrected chi connectivity index (χ2v) is 7.47. The van der Waals surface area contributed by atoms with Crippen LogP contribution in [-0.2, 0) is 22.4 Å². The molecule has 1 aliphatic heterocycles. The van der Waals surface area contributed by atoms with E-state index in [4.69, 9.17) is 37.9 Å². The Bertz CT molecular complexity index is 897. The highest BCUT2D eigenvalue weighted by molar-refractivity contribution is 6.36. The standard InChI is InChI=1S/C20H23Cl2FN4O2/c1-3-14-17(12-6-5-11(21)9-13(12)22)25-15(4-2)19(26-14)27-16-10-24-20(28)18(16)29-8-7-23/h5-6,9,16,18H,3-4,7-8,10H2,1-2H3,(H,24,28)(H,26,27). The van der Waals surface area contributed by atoms with E-state index in [1.165, 1.54) is 0 Å². The number of carbonyl (C=O) groups is 1. The number of aromatic nitrogens is 2. The molecule has 6 nitrogen and oxygen atoms in total. The van der Waals surface area contributed by atoms with Crippen LogP contribution in [0.2, 0.25) is 10.0 Å². The van der Waals surface area contributed by atoms with E-state index in [1.807, 2.05) is 19.9 Å². The second kappa shape index (κ2) is 9.69. The number of benzene rings is 1. The van der Waals surface area contributed by atoms with E-state index in [-0.39, 0.29) is 18.6 Å². The van der Waals surface area contributed by atoms with E-state index in [1.54, 1.807) is 12.1 Å². The Labute approximate surface area is 179 Å². The Morgan fingerprint density at radius 2 is 2.00 bits per heavy atom. The predicted molar refractivity (Wildman–Crippen MR) is 112 cm³/mol. The van der Waals surface area contributed by atoms with Crippen molar-refractivity contribution in [1.29, 1.82) is 0 Å². The van der Waals surface area contributed by atoms with Crippen LogP contribution < -0.4 is 10.6 Å². The van der Waals surface area contributed by atoms with Gasteiger partial charge < -0.3 is 15.4 Å². The Balaban J connectivity index is 1.95. The van der Waals surface area contributed by atoms with Crippen LogP contribution in [0.1, 0.15) is 25.2 Å². The average molecular weight is 441 g/mol.